The number of aromatic nitrogens is 1. The molecule has 0 fully saturated rings. The number of hydrogen-bond donors (Lipinski definition) is 2. The fourth-order valence-electron chi connectivity index (χ4n) is 2.14. The molecular weight excluding hydrogens is 327 g/mol. The zero-order valence-corrected chi connectivity index (χ0v) is 14.9. The van der Waals surface area contributed by atoms with E-state index in [1.807, 2.05) is 14.1 Å². The van der Waals surface area contributed by atoms with Gasteiger partial charge in [-0.15, -0.1) is 11.3 Å². The zero-order valence-electron chi connectivity index (χ0n) is 14.1. The maximum absolute atomic E-state index is 12.5. The molecule has 1 aromatic heterocycles. The Hall–Kier alpha value is -1.35. The molecule has 23 heavy (non-hydrogen) atoms. The topological polar surface area (TPSA) is 52.6 Å². The highest BCUT2D eigenvalue weighted by Gasteiger charge is 2.33. The van der Waals surface area contributed by atoms with E-state index in [-0.39, 0.29) is 12.0 Å². The van der Waals surface area contributed by atoms with Crippen LogP contribution < -0.4 is 10.6 Å². The van der Waals surface area contributed by atoms with Gasteiger partial charge in [0.25, 0.3) is 0 Å². The molecule has 0 radical (unpaired) electrons. The van der Waals surface area contributed by atoms with Gasteiger partial charge in [-0.3, -0.25) is 4.99 Å². The minimum Gasteiger partial charge on any atom is -0.356 e. The van der Waals surface area contributed by atoms with Gasteiger partial charge in [0.2, 0.25) is 0 Å². The quantitative estimate of drug-likeness (QED) is 0.610. The average Bonchev–Trinajstić information content (AvgIpc) is 2.86. The molecule has 0 bridgehead atoms. The average molecular weight is 351 g/mol. The van der Waals surface area contributed by atoms with Crippen LogP contribution in [0.3, 0.4) is 0 Å². The van der Waals surface area contributed by atoms with Gasteiger partial charge in [-0.05, 0) is 19.5 Å². The Morgan fingerprint density at radius 2 is 1.96 bits per heavy atom. The van der Waals surface area contributed by atoms with E-state index in [0.29, 0.717) is 17.5 Å². The minimum absolute atomic E-state index is 0.0335. The van der Waals surface area contributed by atoms with Crippen molar-refractivity contribution in [3.8, 4) is 0 Å². The number of aliphatic imine (C=N–C) groups is 1. The van der Waals surface area contributed by atoms with Crippen LogP contribution in [-0.2, 0) is 12.7 Å². The summed E-state index contributed by atoms with van der Waals surface area (Å²) in [4.78, 5) is 9.76. The predicted octanol–water partition coefficient (Wildman–Crippen LogP) is 2.41. The molecule has 0 aromatic carbocycles. The van der Waals surface area contributed by atoms with Gasteiger partial charge in [0.05, 0.1) is 6.54 Å². The molecule has 0 spiro atoms. The highest BCUT2D eigenvalue weighted by atomic mass is 32.1. The maximum atomic E-state index is 12.5. The van der Waals surface area contributed by atoms with E-state index in [2.05, 4.69) is 39.4 Å². The van der Waals surface area contributed by atoms with E-state index in [9.17, 15) is 13.2 Å². The van der Waals surface area contributed by atoms with Crippen LogP contribution in [0.15, 0.2) is 10.4 Å². The van der Waals surface area contributed by atoms with Crippen LogP contribution in [0.5, 0.6) is 0 Å². The second kappa shape index (κ2) is 7.96. The third-order valence-corrected chi connectivity index (χ3v) is 3.80. The van der Waals surface area contributed by atoms with Crippen molar-refractivity contribution in [2.45, 2.75) is 26.6 Å². The highest BCUT2D eigenvalue weighted by Crippen LogP contribution is 2.29. The molecule has 0 aliphatic carbocycles. The first-order valence-corrected chi connectivity index (χ1v) is 8.02. The monoisotopic (exact) mass is 351 g/mol. The molecule has 0 aliphatic heterocycles. The van der Waals surface area contributed by atoms with Crippen molar-refractivity contribution in [1.29, 1.82) is 0 Å². The molecule has 2 N–H and O–H groups in total. The molecule has 1 rings (SSSR count). The van der Waals surface area contributed by atoms with Crippen molar-refractivity contribution < 1.29 is 13.2 Å². The second-order valence-corrected chi connectivity index (χ2v) is 7.25. The molecule has 1 aromatic rings. The Bertz CT molecular complexity index is 523. The molecule has 0 saturated carbocycles. The van der Waals surface area contributed by atoms with Gasteiger partial charge in [0.1, 0.15) is 5.01 Å². The number of thiazole rings is 1. The minimum atomic E-state index is -4.40. The summed E-state index contributed by atoms with van der Waals surface area (Å²) < 4.78 is 37.5. The molecule has 132 valence electrons. The van der Waals surface area contributed by atoms with Crippen molar-refractivity contribution in [2.24, 2.45) is 10.4 Å². The van der Waals surface area contributed by atoms with Gasteiger partial charge in [-0.1, -0.05) is 13.8 Å². The fraction of sp³-hybridized carbons (Fsp3) is 0.714. The lowest BCUT2D eigenvalue weighted by atomic mass is 9.93. The van der Waals surface area contributed by atoms with Crippen molar-refractivity contribution in [2.75, 3.05) is 34.2 Å². The number of rotatable bonds is 6. The van der Waals surface area contributed by atoms with E-state index < -0.39 is 11.9 Å². The van der Waals surface area contributed by atoms with Gasteiger partial charge < -0.3 is 15.5 Å². The Balaban J connectivity index is 2.50. The van der Waals surface area contributed by atoms with E-state index in [4.69, 9.17) is 0 Å². The molecule has 1 heterocycles. The summed E-state index contributed by atoms with van der Waals surface area (Å²) in [5, 5.41) is 7.56. The van der Waals surface area contributed by atoms with Gasteiger partial charge in [-0.2, -0.15) is 13.2 Å². The number of guanidine groups is 1. The van der Waals surface area contributed by atoms with E-state index >= 15 is 0 Å². The summed E-state index contributed by atoms with van der Waals surface area (Å²) in [5.41, 5.74) is -0.819. The van der Waals surface area contributed by atoms with Crippen LogP contribution in [0.4, 0.5) is 13.2 Å². The Kier molecular flexibility index (Phi) is 6.82. The smallest absolute Gasteiger partial charge is 0.356 e. The fourth-order valence-corrected chi connectivity index (χ4v) is 2.88. The molecule has 9 heteroatoms. The van der Waals surface area contributed by atoms with Gasteiger partial charge in [0, 0.05) is 25.5 Å². The van der Waals surface area contributed by atoms with Crippen LogP contribution in [0.25, 0.3) is 0 Å². The van der Waals surface area contributed by atoms with Crippen molar-refractivity contribution in [1.82, 2.24) is 20.5 Å². The Labute approximate surface area is 139 Å². The maximum Gasteiger partial charge on any atom is 0.434 e. The lowest BCUT2D eigenvalue weighted by Gasteiger charge is -2.29. The van der Waals surface area contributed by atoms with E-state index in [1.54, 1.807) is 7.05 Å². The van der Waals surface area contributed by atoms with Gasteiger partial charge in [-0.25, -0.2) is 4.98 Å². The third-order valence-electron chi connectivity index (χ3n) is 2.95. The first-order valence-electron chi connectivity index (χ1n) is 7.14. The first-order chi connectivity index (χ1) is 10.5. The number of alkyl halides is 3. The molecule has 0 atom stereocenters. The second-order valence-electron chi connectivity index (χ2n) is 6.31. The standard InChI is InChI=1S/C14H24F3N5S/c1-13(2,9-22(4)5)8-20-12(18-3)19-6-11-21-10(7-23-11)14(15,16)17/h7H,6,8-9H2,1-5H3,(H2,18,19,20). The van der Waals surface area contributed by atoms with Gasteiger partial charge >= 0.3 is 6.18 Å². The highest BCUT2D eigenvalue weighted by molar-refractivity contribution is 7.09. The number of nitrogens with zero attached hydrogens (tertiary/aromatic N) is 3. The van der Waals surface area contributed by atoms with Crippen molar-refractivity contribution in [3.63, 3.8) is 0 Å². The Morgan fingerprint density at radius 1 is 1.30 bits per heavy atom. The van der Waals surface area contributed by atoms with Crippen molar-refractivity contribution >= 4 is 17.3 Å². The van der Waals surface area contributed by atoms with E-state index in [1.165, 1.54) is 0 Å². The molecular formula is C14H24F3N5S. The number of nitrogens with one attached hydrogen (secondary N) is 2. The summed E-state index contributed by atoms with van der Waals surface area (Å²) in [5.74, 6) is 0.542. The lowest BCUT2D eigenvalue weighted by Crippen LogP contribution is -2.44. The number of hydrogen-bond acceptors (Lipinski definition) is 4. The SMILES string of the molecule is CN=C(NCc1nc(C(F)(F)F)cs1)NCC(C)(C)CN(C)C. The van der Waals surface area contributed by atoms with Crippen LogP contribution in [0, 0.1) is 5.41 Å². The lowest BCUT2D eigenvalue weighted by molar-refractivity contribution is -0.140. The normalized spacial score (nSPS) is 13.5. The van der Waals surface area contributed by atoms with Crippen LogP contribution in [0.1, 0.15) is 24.5 Å². The van der Waals surface area contributed by atoms with E-state index in [0.717, 1.165) is 23.3 Å². The third kappa shape index (κ3) is 7.17. The molecule has 0 saturated heterocycles. The number of halogens is 3. The van der Waals surface area contributed by atoms with Crippen LogP contribution >= 0.6 is 11.3 Å². The molecule has 0 amide bonds. The molecule has 0 aliphatic rings. The summed E-state index contributed by atoms with van der Waals surface area (Å²) in [7, 11) is 5.64. The Morgan fingerprint density at radius 3 is 2.43 bits per heavy atom. The summed E-state index contributed by atoms with van der Waals surface area (Å²) in [6, 6.07) is 0. The summed E-state index contributed by atoms with van der Waals surface area (Å²) >= 11 is 0.978. The summed E-state index contributed by atoms with van der Waals surface area (Å²) in [6.07, 6.45) is -4.40. The van der Waals surface area contributed by atoms with Crippen LogP contribution in [-0.4, -0.2) is 50.1 Å². The summed E-state index contributed by atoms with van der Waals surface area (Å²) in [6.45, 7) is 6.05. The van der Waals surface area contributed by atoms with Gasteiger partial charge in [0.15, 0.2) is 11.7 Å². The zero-order chi connectivity index (χ0) is 17.7. The molecule has 5 nitrogen and oxygen atoms in total. The predicted molar refractivity (Wildman–Crippen MR) is 87.7 cm³/mol. The molecule has 0 unspecified atom stereocenters. The largest absolute Gasteiger partial charge is 0.434 e. The van der Waals surface area contributed by atoms with Crippen molar-refractivity contribution in [3.05, 3.63) is 16.1 Å². The first kappa shape index (κ1) is 19.7. The van der Waals surface area contributed by atoms with Crippen LogP contribution in [0.2, 0.25) is 0 Å².